The van der Waals surface area contributed by atoms with E-state index in [1.165, 1.54) is 70.1 Å². The van der Waals surface area contributed by atoms with E-state index in [2.05, 4.69) is 17.9 Å². The Bertz CT molecular complexity index is 553. The Morgan fingerprint density at radius 2 is 2.09 bits per heavy atom. The molecule has 3 fully saturated rings. The molecule has 2 nitrogen and oxygen atoms in total. The van der Waals surface area contributed by atoms with Crippen LogP contribution in [0.15, 0.2) is 24.3 Å². The third kappa shape index (κ3) is 2.91. The number of fused-ring (bicyclic) bond motifs is 1. The lowest BCUT2D eigenvalue weighted by Crippen LogP contribution is -2.53. The molecular weight excluding hydrogens is 282 g/mol. The zero-order valence-electron chi connectivity index (χ0n) is 14.5. The molecule has 1 heterocycles. The normalized spacial score (nSPS) is 35.5. The summed E-state index contributed by atoms with van der Waals surface area (Å²) in [5.74, 6) is 3.00. The second kappa shape index (κ2) is 6.12. The van der Waals surface area contributed by atoms with Gasteiger partial charge in [0.15, 0.2) is 0 Å². The molecule has 23 heavy (non-hydrogen) atoms. The summed E-state index contributed by atoms with van der Waals surface area (Å²) in [4.78, 5) is 2.76. The van der Waals surface area contributed by atoms with Crippen LogP contribution in [0.3, 0.4) is 0 Å². The van der Waals surface area contributed by atoms with Crippen LogP contribution in [0.1, 0.15) is 57.4 Å². The number of nitrogens with zero attached hydrogens (tertiary/aromatic N) is 1. The van der Waals surface area contributed by atoms with Crippen molar-refractivity contribution in [1.82, 2.24) is 4.90 Å². The summed E-state index contributed by atoms with van der Waals surface area (Å²) in [6.45, 7) is 6.28. The number of hydrogen-bond donors (Lipinski definition) is 1. The molecule has 2 saturated carbocycles. The summed E-state index contributed by atoms with van der Waals surface area (Å²) < 4.78 is 0. The number of rotatable bonds is 3. The van der Waals surface area contributed by atoms with Crippen LogP contribution in [-0.4, -0.2) is 29.6 Å². The third-order valence-electron chi connectivity index (χ3n) is 7.02. The Morgan fingerprint density at radius 3 is 2.83 bits per heavy atom. The molecule has 2 heteroatoms. The number of likely N-dealkylation sites (tertiary alicyclic amines) is 1. The summed E-state index contributed by atoms with van der Waals surface area (Å²) in [7, 11) is 0. The predicted molar refractivity (Wildman–Crippen MR) is 94.7 cm³/mol. The van der Waals surface area contributed by atoms with Gasteiger partial charge in [-0.15, -0.1) is 0 Å². The van der Waals surface area contributed by atoms with Crippen molar-refractivity contribution >= 4 is 0 Å². The van der Waals surface area contributed by atoms with Crippen molar-refractivity contribution in [2.45, 2.75) is 57.3 Å². The molecule has 0 amide bonds. The topological polar surface area (TPSA) is 23.5 Å². The number of benzene rings is 1. The molecule has 3 atom stereocenters. The fourth-order valence-electron chi connectivity index (χ4n) is 5.51. The molecule has 1 aliphatic heterocycles. The summed E-state index contributed by atoms with van der Waals surface area (Å²) in [6, 6.07) is 8.17. The molecule has 0 radical (unpaired) electrons. The monoisotopic (exact) mass is 313 g/mol. The first kappa shape index (κ1) is 15.5. The quantitative estimate of drug-likeness (QED) is 0.883. The van der Waals surface area contributed by atoms with Crippen molar-refractivity contribution in [3.63, 3.8) is 0 Å². The lowest BCUT2D eigenvalue weighted by atomic mass is 9.57. The maximum absolute atomic E-state index is 10.00. The lowest BCUT2D eigenvalue weighted by Gasteiger charge is -2.53. The number of hydrogen-bond acceptors (Lipinski definition) is 2. The van der Waals surface area contributed by atoms with Crippen LogP contribution in [0.2, 0.25) is 0 Å². The van der Waals surface area contributed by atoms with Gasteiger partial charge in [0.2, 0.25) is 0 Å². The van der Waals surface area contributed by atoms with Crippen molar-refractivity contribution in [3.8, 4) is 5.75 Å². The van der Waals surface area contributed by atoms with Gasteiger partial charge in [-0.1, -0.05) is 31.9 Å². The van der Waals surface area contributed by atoms with Gasteiger partial charge in [-0.05, 0) is 74.1 Å². The van der Waals surface area contributed by atoms with Crippen LogP contribution in [0.4, 0.5) is 0 Å². The van der Waals surface area contributed by atoms with E-state index < -0.39 is 0 Å². The molecule has 0 unspecified atom stereocenters. The van der Waals surface area contributed by atoms with E-state index >= 15 is 0 Å². The molecule has 4 rings (SSSR count). The highest BCUT2D eigenvalue weighted by Crippen LogP contribution is 2.51. The minimum absolute atomic E-state index is 0.312. The highest BCUT2D eigenvalue weighted by molar-refractivity contribution is 5.35. The van der Waals surface area contributed by atoms with Gasteiger partial charge in [0, 0.05) is 18.5 Å². The van der Waals surface area contributed by atoms with Crippen molar-refractivity contribution < 1.29 is 5.11 Å². The van der Waals surface area contributed by atoms with Gasteiger partial charge < -0.3 is 10.0 Å². The van der Waals surface area contributed by atoms with E-state index in [0.717, 1.165) is 17.8 Å². The average Bonchev–Trinajstić information content (AvgIpc) is 2.51. The van der Waals surface area contributed by atoms with Crippen LogP contribution < -0.4 is 0 Å². The summed E-state index contributed by atoms with van der Waals surface area (Å²) >= 11 is 0. The van der Waals surface area contributed by atoms with E-state index in [9.17, 15) is 5.11 Å². The first-order valence-electron chi connectivity index (χ1n) is 9.67. The van der Waals surface area contributed by atoms with E-state index in [1.54, 1.807) is 0 Å². The summed E-state index contributed by atoms with van der Waals surface area (Å²) in [6.07, 6.45) is 9.68. The summed E-state index contributed by atoms with van der Waals surface area (Å²) in [5.41, 5.74) is 1.71. The molecule has 0 spiro atoms. The lowest BCUT2D eigenvalue weighted by molar-refractivity contribution is 0.0248. The minimum atomic E-state index is 0.312. The maximum atomic E-state index is 10.00. The predicted octanol–water partition coefficient (Wildman–Crippen LogP) is 4.57. The van der Waals surface area contributed by atoms with Crippen LogP contribution in [-0.2, 0) is 5.41 Å². The van der Waals surface area contributed by atoms with Crippen LogP contribution >= 0.6 is 0 Å². The minimum Gasteiger partial charge on any atom is -0.508 e. The molecule has 0 bridgehead atoms. The average molecular weight is 313 g/mol. The fraction of sp³-hybridized carbons (Fsp3) is 0.714. The van der Waals surface area contributed by atoms with Gasteiger partial charge in [0.1, 0.15) is 5.75 Å². The Hall–Kier alpha value is -1.02. The maximum Gasteiger partial charge on any atom is 0.115 e. The van der Waals surface area contributed by atoms with Crippen molar-refractivity contribution in [2.24, 2.45) is 17.8 Å². The molecule has 1 N–H and O–H groups in total. The van der Waals surface area contributed by atoms with Crippen LogP contribution in [0.5, 0.6) is 5.75 Å². The number of phenolic OH excluding ortho intramolecular Hbond substituents is 1. The van der Waals surface area contributed by atoms with Crippen molar-refractivity contribution in [3.05, 3.63) is 29.8 Å². The molecule has 2 aliphatic carbocycles. The second-order valence-electron chi connectivity index (χ2n) is 8.60. The molecule has 1 aromatic carbocycles. The Balaban J connectivity index is 1.57. The first-order valence-corrected chi connectivity index (χ1v) is 9.67. The van der Waals surface area contributed by atoms with Crippen LogP contribution in [0, 0.1) is 17.8 Å². The highest BCUT2D eigenvalue weighted by Gasteiger charge is 2.47. The first-order chi connectivity index (χ1) is 11.2. The molecule has 3 aliphatic rings. The third-order valence-corrected chi connectivity index (χ3v) is 7.02. The molecule has 126 valence electrons. The van der Waals surface area contributed by atoms with Gasteiger partial charge in [0.05, 0.1) is 0 Å². The van der Waals surface area contributed by atoms with Crippen LogP contribution in [0.25, 0.3) is 0 Å². The largest absolute Gasteiger partial charge is 0.508 e. The van der Waals surface area contributed by atoms with E-state index in [0.29, 0.717) is 11.2 Å². The molecule has 1 saturated heterocycles. The Labute approximate surface area is 140 Å². The molecule has 1 aromatic rings. The fourth-order valence-corrected chi connectivity index (χ4v) is 5.51. The van der Waals surface area contributed by atoms with Gasteiger partial charge in [-0.3, -0.25) is 0 Å². The molecule has 0 aromatic heterocycles. The second-order valence-corrected chi connectivity index (χ2v) is 8.60. The SMILES string of the molecule is C[C@@H]1CC[C@H]2CN(CC3CCC3)CC[C@]2(c2cccc(O)c2)C1. The van der Waals surface area contributed by atoms with E-state index in [1.807, 2.05) is 18.2 Å². The van der Waals surface area contributed by atoms with E-state index in [4.69, 9.17) is 0 Å². The zero-order valence-corrected chi connectivity index (χ0v) is 14.5. The Morgan fingerprint density at radius 1 is 1.22 bits per heavy atom. The number of aromatic hydroxyl groups is 1. The Kier molecular flexibility index (Phi) is 4.13. The van der Waals surface area contributed by atoms with Gasteiger partial charge >= 0.3 is 0 Å². The van der Waals surface area contributed by atoms with Crippen molar-refractivity contribution in [2.75, 3.05) is 19.6 Å². The molecular formula is C21H31NO. The highest BCUT2D eigenvalue weighted by atomic mass is 16.3. The van der Waals surface area contributed by atoms with E-state index in [-0.39, 0.29) is 0 Å². The zero-order chi connectivity index (χ0) is 15.9. The van der Waals surface area contributed by atoms with Gasteiger partial charge in [0.25, 0.3) is 0 Å². The van der Waals surface area contributed by atoms with Gasteiger partial charge in [-0.25, -0.2) is 0 Å². The number of piperidine rings is 1. The van der Waals surface area contributed by atoms with Crippen molar-refractivity contribution in [1.29, 1.82) is 0 Å². The smallest absolute Gasteiger partial charge is 0.115 e. The van der Waals surface area contributed by atoms with Gasteiger partial charge in [-0.2, -0.15) is 0 Å². The standard InChI is InChI=1S/C21H31NO/c1-16-8-9-19-15-22(14-17-4-2-5-17)11-10-21(19,13-16)18-6-3-7-20(23)12-18/h3,6-7,12,16-17,19,23H,2,4-5,8-11,13-15H2,1H3/t16-,19+,21-/m1/s1. The number of phenols is 1. The summed E-state index contributed by atoms with van der Waals surface area (Å²) in [5, 5.41) is 10.00.